The standard InChI is InChI=1S/C14H16N2O2S/c1-10(17)16-12-5-3-2-4-11(12)13(14(16)19)15-6-8-18-9-7-15/h2-5,19H,6-9H2,1H3. The summed E-state index contributed by atoms with van der Waals surface area (Å²) in [6.45, 7) is 4.66. The molecular weight excluding hydrogens is 260 g/mol. The first-order valence-corrected chi connectivity index (χ1v) is 6.81. The third-order valence-electron chi connectivity index (χ3n) is 3.47. The number of fused-ring (bicyclic) bond motifs is 1. The lowest BCUT2D eigenvalue weighted by molar-refractivity contribution is 0.0933. The van der Waals surface area contributed by atoms with Crippen LogP contribution in [0.1, 0.15) is 11.7 Å². The van der Waals surface area contributed by atoms with E-state index in [4.69, 9.17) is 4.74 Å². The molecule has 2 heterocycles. The van der Waals surface area contributed by atoms with Gasteiger partial charge in [0.15, 0.2) is 0 Å². The summed E-state index contributed by atoms with van der Waals surface area (Å²) in [6.07, 6.45) is 0. The monoisotopic (exact) mass is 276 g/mol. The van der Waals surface area contributed by atoms with Crippen LogP contribution in [0.3, 0.4) is 0 Å². The Morgan fingerprint density at radius 2 is 1.95 bits per heavy atom. The van der Waals surface area contributed by atoms with Gasteiger partial charge in [0.25, 0.3) is 0 Å². The van der Waals surface area contributed by atoms with Gasteiger partial charge in [-0.1, -0.05) is 18.2 Å². The normalized spacial score (nSPS) is 16.0. The molecule has 2 aromatic rings. The van der Waals surface area contributed by atoms with Gasteiger partial charge in [-0.05, 0) is 6.07 Å². The SMILES string of the molecule is CC(=O)n1c(S)c(N2CCOCC2)c2ccccc21. The molecule has 100 valence electrons. The van der Waals surface area contributed by atoms with E-state index in [0.717, 1.165) is 34.7 Å². The summed E-state index contributed by atoms with van der Waals surface area (Å²) in [5.41, 5.74) is 1.96. The lowest BCUT2D eigenvalue weighted by atomic mass is 10.2. The van der Waals surface area contributed by atoms with E-state index in [1.165, 1.54) is 0 Å². The number of hydrogen-bond acceptors (Lipinski definition) is 4. The molecule has 3 rings (SSSR count). The summed E-state index contributed by atoms with van der Waals surface area (Å²) in [6, 6.07) is 7.93. The number of aromatic nitrogens is 1. The zero-order valence-electron chi connectivity index (χ0n) is 10.8. The minimum atomic E-state index is -0.0132. The quantitative estimate of drug-likeness (QED) is 0.812. The van der Waals surface area contributed by atoms with Crippen molar-refractivity contribution >= 4 is 35.1 Å². The predicted molar refractivity (Wildman–Crippen MR) is 78.5 cm³/mol. The van der Waals surface area contributed by atoms with Crippen LogP contribution < -0.4 is 4.90 Å². The van der Waals surface area contributed by atoms with Gasteiger partial charge >= 0.3 is 0 Å². The van der Waals surface area contributed by atoms with E-state index in [9.17, 15) is 4.79 Å². The fraction of sp³-hybridized carbons (Fsp3) is 0.357. The second-order valence-electron chi connectivity index (χ2n) is 4.64. The van der Waals surface area contributed by atoms with Gasteiger partial charge in [-0.3, -0.25) is 9.36 Å². The van der Waals surface area contributed by atoms with Crippen molar-refractivity contribution in [1.29, 1.82) is 0 Å². The summed E-state index contributed by atoms with van der Waals surface area (Å²) in [5.74, 6) is -0.0132. The molecule has 1 saturated heterocycles. The molecule has 0 aliphatic carbocycles. The first kappa shape index (κ1) is 12.6. The highest BCUT2D eigenvalue weighted by Gasteiger charge is 2.22. The average molecular weight is 276 g/mol. The van der Waals surface area contributed by atoms with Crippen LogP contribution in [0.5, 0.6) is 0 Å². The third kappa shape index (κ3) is 2.03. The van der Waals surface area contributed by atoms with Gasteiger partial charge in [-0.15, -0.1) is 12.6 Å². The van der Waals surface area contributed by atoms with Crippen molar-refractivity contribution in [2.24, 2.45) is 0 Å². The van der Waals surface area contributed by atoms with Crippen LogP contribution >= 0.6 is 12.6 Å². The van der Waals surface area contributed by atoms with Gasteiger partial charge in [0, 0.05) is 25.4 Å². The number of carbonyl (C=O) groups is 1. The van der Waals surface area contributed by atoms with Crippen molar-refractivity contribution < 1.29 is 9.53 Å². The molecule has 0 amide bonds. The van der Waals surface area contributed by atoms with Crippen molar-refractivity contribution in [3.05, 3.63) is 24.3 Å². The van der Waals surface area contributed by atoms with E-state index in [-0.39, 0.29) is 5.91 Å². The number of carbonyl (C=O) groups excluding carboxylic acids is 1. The molecule has 0 saturated carbocycles. The van der Waals surface area contributed by atoms with E-state index in [1.54, 1.807) is 11.5 Å². The molecule has 0 bridgehead atoms. The topological polar surface area (TPSA) is 34.5 Å². The maximum absolute atomic E-state index is 11.8. The molecule has 1 aromatic heterocycles. The van der Waals surface area contributed by atoms with Crippen molar-refractivity contribution in [1.82, 2.24) is 4.57 Å². The summed E-state index contributed by atoms with van der Waals surface area (Å²) in [4.78, 5) is 14.1. The summed E-state index contributed by atoms with van der Waals surface area (Å²) in [5, 5.41) is 1.79. The Morgan fingerprint density at radius 3 is 2.63 bits per heavy atom. The minimum absolute atomic E-state index is 0.0132. The number of hydrogen-bond donors (Lipinski definition) is 1. The number of rotatable bonds is 1. The smallest absolute Gasteiger partial charge is 0.228 e. The van der Waals surface area contributed by atoms with Gasteiger partial charge in [0.2, 0.25) is 5.91 Å². The van der Waals surface area contributed by atoms with E-state index in [1.807, 2.05) is 24.3 Å². The maximum Gasteiger partial charge on any atom is 0.228 e. The number of benzene rings is 1. The van der Waals surface area contributed by atoms with Crippen LogP contribution in [0, 0.1) is 0 Å². The van der Waals surface area contributed by atoms with Crippen molar-refractivity contribution in [2.45, 2.75) is 11.9 Å². The molecule has 1 fully saturated rings. The summed E-state index contributed by atoms with van der Waals surface area (Å²) >= 11 is 4.58. The summed E-state index contributed by atoms with van der Waals surface area (Å²) < 4.78 is 7.06. The molecule has 0 unspecified atom stereocenters. The third-order valence-corrected chi connectivity index (χ3v) is 3.88. The van der Waals surface area contributed by atoms with E-state index in [2.05, 4.69) is 17.5 Å². The lowest BCUT2D eigenvalue weighted by Crippen LogP contribution is -2.36. The largest absolute Gasteiger partial charge is 0.378 e. The maximum atomic E-state index is 11.8. The van der Waals surface area contributed by atoms with Crippen LogP contribution in [0.2, 0.25) is 0 Å². The van der Waals surface area contributed by atoms with Crippen LogP contribution in [-0.2, 0) is 4.74 Å². The Bertz CT molecular complexity index is 630. The Kier molecular flexibility index (Phi) is 3.24. The van der Waals surface area contributed by atoms with Crippen LogP contribution in [0.15, 0.2) is 29.3 Å². The molecule has 1 aliphatic rings. The number of para-hydroxylation sites is 1. The van der Waals surface area contributed by atoms with Gasteiger partial charge in [0.1, 0.15) is 5.03 Å². The number of morpholine rings is 1. The second kappa shape index (κ2) is 4.90. The molecule has 0 spiro atoms. The zero-order valence-corrected chi connectivity index (χ0v) is 11.7. The summed E-state index contributed by atoms with van der Waals surface area (Å²) in [7, 11) is 0. The van der Waals surface area contributed by atoms with Crippen LogP contribution in [0.4, 0.5) is 5.69 Å². The number of nitrogens with zero attached hydrogens (tertiary/aromatic N) is 2. The Balaban J connectivity index is 2.23. The van der Waals surface area contributed by atoms with Crippen molar-refractivity contribution in [3.8, 4) is 0 Å². The van der Waals surface area contributed by atoms with E-state index < -0.39 is 0 Å². The first-order chi connectivity index (χ1) is 9.20. The molecule has 1 aliphatic heterocycles. The second-order valence-corrected chi connectivity index (χ2v) is 5.07. The van der Waals surface area contributed by atoms with Gasteiger partial charge in [0.05, 0.1) is 24.4 Å². The molecule has 4 nitrogen and oxygen atoms in total. The highest BCUT2D eigenvalue weighted by atomic mass is 32.1. The fourth-order valence-corrected chi connectivity index (χ4v) is 3.14. The molecule has 0 radical (unpaired) electrons. The molecular formula is C14H16N2O2S. The van der Waals surface area contributed by atoms with Crippen LogP contribution in [-0.4, -0.2) is 36.8 Å². The Hall–Kier alpha value is -1.46. The number of anilines is 1. The molecule has 19 heavy (non-hydrogen) atoms. The first-order valence-electron chi connectivity index (χ1n) is 6.36. The average Bonchev–Trinajstić information content (AvgIpc) is 2.71. The predicted octanol–water partition coefficient (Wildman–Crippen LogP) is 2.43. The highest BCUT2D eigenvalue weighted by molar-refractivity contribution is 7.80. The Labute approximate surface area is 117 Å². The molecule has 0 N–H and O–H groups in total. The minimum Gasteiger partial charge on any atom is -0.378 e. The number of ether oxygens (including phenoxy) is 1. The zero-order chi connectivity index (χ0) is 13.4. The number of thiol groups is 1. The fourth-order valence-electron chi connectivity index (χ4n) is 2.63. The highest BCUT2D eigenvalue weighted by Crippen LogP contribution is 2.36. The van der Waals surface area contributed by atoms with Crippen LogP contribution in [0.25, 0.3) is 10.9 Å². The van der Waals surface area contributed by atoms with Gasteiger partial charge in [-0.2, -0.15) is 0 Å². The van der Waals surface area contributed by atoms with E-state index in [0.29, 0.717) is 13.2 Å². The molecule has 1 aromatic carbocycles. The van der Waals surface area contributed by atoms with E-state index >= 15 is 0 Å². The van der Waals surface area contributed by atoms with Gasteiger partial charge < -0.3 is 9.64 Å². The Morgan fingerprint density at radius 1 is 1.26 bits per heavy atom. The van der Waals surface area contributed by atoms with Gasteiger partial charge in [-0.25, -0.2) is 0 Å². The lowest BCUT2D eigenvalue weighted by Gasteiger charge is -2.29. The van der Waals surface area contributed by atoms with Crippen molar-refractivity contribution in [2.75, 3.05) is 31.2 Å². The molecule has 0 atom stereocenters. The van der Waals surface area contributed by atoms with Crippen molar-refractivity contribution in [3.63, 3.8) is 0 Å². The molecule has 5 heteroatoms.